The standard InChI is InChI=1S/C25H20O/c1-16(2)18-13-14-23-22(15-18)25-21(11-6-12-24(25)26-23)20-10-5-8-17-7-3-4-9-19(17)20/h3-16H,1-2H3. The van der Waals surface area contributed by atoms with Crippen LogP contribution in [-0.2, 0) is 0 Å². The summed E-state index contributed by atoms with van der Waals surface area (Å²) in [7, 11) is 0. The molecule has 0 saturated carbocycles. The van der Waals surface area contributed by atoms with Gasteiger partial charge in [0.2, 0.25) is 0 Å². The minimum absolute atomic E-state index is 0.495. The molecule has 1 heteroatoms. The molecular weight excluding hydrogens is 316 g/mol. The molecular formula is C25H20O. The van der Waals surface area contributed by atoms with Gasteiger partial charge in [0, 0.05) is 10.8 Å². The van der Waals surface area contributed by atoms with Crippen LogP contribution in [-0.4, -0.2) is 0 Å². The van der Waals surface area contributed by atoms with Crippen molar-refractivity contribution < 1.29 is 4.42 Å². The van der Waals surface area contributed by atoms with Crippen molar-refractivity contribution in [3.05, 3.63) is 84.4 Å². The van der Waals surface area contributed by atoms with Gasteiger partial charge in [-0.05, 0) is 51.6 Å². The molecule has 0 spiro atoms. The van der Waals surface area contributed by atoms with E-state index in [9.17, 15) is 0 Å². The number of fused-ring (bicyclic) bond motifs is 4. The average molecular weight is 336 g/mol. The SMILES string of the molecule is CC(C)c1ccc2oc3cccc(-c4cccc5ccccc45)c3c2c1. The monoisotopic (exact) mass is 336 g/mol. The first-order valence-corrected chi connectivity index (χ1v) is 9.16. The van der Waals surface area contributed by atoms with Gasteiger partial charge in [-0.25, -0.2) is 0 Å². The van der Waals surface area contributed by atoms with Crippen molar-refractivity contribution in [3.63, 3.8) is 0 Å². The fourth-order valence-corrected chi connectivity index (χ4v) is 3.89. The summed E-state index contributed by atoms with van der Waals surface area (Å²) in [5, 5.41) is 4.95. The zero-order chi connectivity index (χ0) is 17.7. The van der Waals surface area contributed by atoms with E-state index in [0.717, 1.165) is 11.2 Å². The van der Waals surface area contributed by atoms with Gasteiger partial charge in [-0.1, -0.05) is 74.5 Å². The summed E-state index contributed by atoms with van der Waals surface area (Å²) in [4.78, 5) is 0. The van der Waals surface area contributed by atoms with E-state index in [4.69, 9.17) is 4.42 Å². The van der Waals surface area contributed by atoms with Gasteiger partial charge in [0.15, 0.2) is 0 Å². The number of rotatable bonds is 2. The lowest BCUT2D eigenvalue weighted by Gasteiger charge is -2.09. The summed E-state index contributed by atoms with van der Waals surface area (Å²) in [5.41, 5.74) is 5.74. The maximum atomic E-state index is 6.16. The summed E-state index contributed by atoms with van der Waals surface area (Å²) in [5.74, 6) is 0.495. The van der Waals surface area contributed by atoms with Crippen molar-refractivity contribution in [2.75, 3.05) is 0 Å². The summed E-state index contributed by atoms with van der Waals surface area (Å²) in [6.07, 6.45) is 0. The van der Waals surface area contributed by atoms with E-state index in [1.54, 1.807) is 0 Å². The lowest BCUT2D eigenvalue weighted by atomic mass is 9.93. The van der Waals surface area contributed by atoms with Crippen LogP contribution in [0.2, 0.25) is 0 Å². The Balaban J connectivity index is 1.90. The van der Waals surface area contributed by atoms with Crippen LogP contribution >= 0.6 is 0 Å². The Bertz CT molecular complexity index is 1250. The Labute approximate surface area is 152 Å². The zero-order valence-electron chi connectivity index (χ0n) is 15.0. The highest BCUT2D eigenvalue weighted by atomic mass is 16.3. The second-order valence-corrected chi connectivity index (χ2v) is 7.22. The second-order valence-electron chi connectivity index (χ2n) is 7.22. The van der Waals surface area contributed by atoms with Crippen LogP contribution < -0.4 is 0 Å². The smallest absolute Gasteiger partial charge is 0.136 e. The maximum Gasteiger partial charge on any atom is 0.136 e. The number of furan rings is 1. The highest BCUT2D eigenvalue weighted by Gasteiger charge is 2.15. The van der Waals surface area contributed by atoms with Crippen molar-refractivity contribution in [1.82, 2.24) is 0 Å². The van der Waals surface area contributed by atoms with Crippen molar-refractivity contribution in [2.24, 2.45) is 0 Å². The molecule has 0 amide bonds. The molecule has 0 aliphatic rings. The van der Waals surface area contributed by atoms with Crippen LogP contribution in [0.4, 0.5) is 0 Å². The van der Waals surface area contributed by atoms with Gasteiger partial charge in [-0.15, -0.1) is 0 Å². The third kappa shape index (κ3) is 2.24. The van der Waals surface area contributed by atoms with Crippen LogP contribution in [0.15, 0.2) is 83.3 Å². The predicted octanol–water partition coefficient (Wildman–Crippen LogP) is 7.53. The number of hydrogen-bond acceptors (Lipinski definition) is 1. The highest BCUT2D eigenvalue weighted by Crippen LogP contribution is 2.39. The van der Waals surface area contributed by atoms with Crippen molar-refractivity contribution >= 4 is 32.7 Å². The molecule has 1 heterocycles. The summed E-state index contributed by atoms with van der Waals surface area (Å²) in [6.45, 7) is 4.46. The molecule has 1 nitrogen and oxygen atoms in total. The summed E-state index contributed by atoms with van der Waals surface area (Å²) in [6, 6.07) is 28.0. The molecule has 0 atom stereocenters. The molecule has 0 aliphatic heterocycles. The predicted molar refractivity (Wildman–Crippen MR) is 111 cm³/mol. The Morgan fingerprint density at radius 1 is 0.654 bits per heavy atom. The molecule has 1 aromatic heterocycles. The van der Waals surface area contributed by atoms with Gasteiger partial charge in [0.05, 0.1) is 0 Å². The molecule has 5 rings (SSSR count). The van der Waals surface area contributed by atoms with E-state index >= 15 is 0 Å². The van der Waals surface area contributed by atoms with Crippen LogP contribution in [0.5, 0.6) is 0 Å². The summed E-state index contributed by atoms with van der Waals surface area (Å²) < 4.78 is 6.16. The second kappa shape index (κ2) is 5.74. The van der Waals surface area contributed by atoms with Crippen molar-refractivity contribution in [2.45, 2.75) is 19.8 Å². The molecule has 4 aromatic carbocycles. The fourth-order valence-electron chi connectivity index (χ4n) is 3.89. The van der Waals surface area contributed by atoms with Crippen LogP contribution in [0.1, 0.15) is 25.3 Å². The zero-order valence-corrected chi connectivity index (χ0v) is 15.0. The van der Waals surface area contributed by atoms with Crippen LogP contribution in [0, 0.1) is 0 Å². The van der Waals surface area contributed by atoms with Gasteiger partial charge in [0.1, 0.15) is 11.2 Å². The van der Waals surface area contributed by atoms with Crippen molar-refractivity contribution in [3.8, 4) is 11.1 Å². The molecule has 0 bridgehead atoms. The van der Waals surface area contributed by atoms with Gasteiger partial charge >= 0.3 is 0 Å². The molecule has 0 unspecified atom stereocenters. The third-order valence-electron chi connectivity index (χ3n) is 5.27. The minimum atomic E-state index is 0.495. The van der Waals surface area contributed by atoms with Gasteiger partial charge in [0.25, 0.3) is 0 Å². The molecule has 5 aromatic rings. The molecule has 0 aliphatic carbocycles. The largest absolute Gasteiger partial charge is 0.456 e. The Morgan fingerprint density at radius 3 is 2.31 bits per heavy atom. The quantitative estimate of drug-likeness (QED) is 0.325. The molecule has 0 radical (unpaired) electrons. The van der Waals surface area contributed by atoms with Gasteiger partial charge in [-0.3, -0.25) is 0 Å². The lowest BCUT2D eigenvalue weighted by Crippen LogP contribution is -1.86. The molecule has 0 N–H and O–H groups in total. The first-order chi connectivity index (χ1) is 12.7. The molecule has 0 saturated heterocycles. The normalized spacial score (nSPS) is 11.8. The lowest BCUT2D eigenvalue weighted by molar-refractivity contribution is 0.668. The van der Waals surface area contributed by atoms with Crippen LogP contribution in [0.3, 0.4) is 0 Å². The molecule has 26 heavy (non-hydrogen) atoms. The minimum Gasteiger partial charge on any atom is -0.456 e. The van der Waals surface area contributed by atoms with E-state index in [2.05, 4.69) is 92.7 Å². The average Bonchev–Trinajstić information content (AvgIpc) is 3.05. The van der Waals surface area contributed by atoms with E-state index in [-0.39, 0.29) is 0 Å². The number of hydrogen-bond donors (Lipinski definition) is 0. The molecule has 126 valence electrons. The Hall–Kier alpha value is -3.06. The van der Waals surface area contributed by atoms with E-state index in [0.29, 0.717) is 5.92 Å². The fraction of sp³-hybridized carbons (Fsp3) is 0.120. The third-order valence-corrected chi connectivity index (χ3v) is 5.27. The van der Waals surface area contributed by atoms with E-state index in [1.165, 1.54) is 38.2 Å². The van der Waals surface area contributed by atoms with Gasteiger partial charge in [-0.2, -0.15) is 0 Å². The Kier molecular flexibility index (Phi) is 3.36. The Morgan fingerprint density at radius 2 is 1.42 bits per heavy atom. The topological polar surface area (TPSA) is 13.1 Å². The first-order valence-electron chi connectivity index (χ1n) is 9.16. The first kappa shape index (κ1) is 15.2. The maximum absolute atomic E-state index is 6.16. The highest BCUT2D eigenvalue weighted by molar-refractivity contribution is 6.15. The van der Waals surface area contributed by atoms with E-state index < -0.39 is 0 Å². The van der Waals surface area contributed by atoms with Crippen molar-refractivity contribution in [1.29, 1.82) is 0 Å². The molecule has 0 fully saturated rings. The van der Waals surface area contributed by atoms with E-state index in [1.807, 2.05) is 0 Å². The van der Waals surface area contributed by atoms with Gasteiger partial charge < -0.3 is 4.42 Å². The summed E-state index contributed by atoms with van der Waals surface area (Å²) >= 11 is 0. The number of benzene rings is 4. The van der Waals surface area contributed by atoms with Crippen LogP contribution in [0.25, 0.3) is 43.8 Å².